The van der Waals surface area contributed by atoms with Crippen LogP contribution in [0.1, 0.15) is 34.5 Å². The molecule has 3 N–H and O–H groups in total. The molecule has 32 heavy (non-hydrogen) atoms. The molecule has 0 bridgehead atoms. The number of carbonyl (C=O) groups excluding carboxylic acids is 3. The number of rotatable bonds is 4. The minimum absolute atomic E-state index is 0.147. The van der Waals surface area contributed by atoms with Crippen molar-refractivity contribution < 1.29 is 14.4 Å². The second kappa shape index (κ2) is 8.84. The molecule has 0 unspecified atom stereocenters. The van der Waals surface area contributed by atoms with Crippen molar-refractivity contribution in [3.63, 3.8) is 0 Å². The van der Waals surface area contributed by atoms with E-state index >= 15 is 0 Å². The summed E-state index contributed by atoms with van der Waals surface area (Å²) in [4.78, 5) is 37.4. The highest BCUT2D eigenvalue weighted by Crippen LogP contribution is 2.25. The zero-order valence-corrected chi connectivity index (χ0v) is 17.7. The van der Waals surface area contributed by atoms with Crippen molar-refractivity contribution in [3.05, 3.63) is 71.4 Å². The van der Waals surface area contributed by atoms with Gasteiger partial charge in [-0.3, -0.25) is 30.3 Å². The summed E-state index contributed by atoms with van der Waals surface area (Å²) in [6.07, 6.45) is 0.332. The Kier molecular flexibility index (Phi) is 5.80. The van der Waals surface area contributed by atoms with Gasteiger partial charge in [0, 0.05) is 18.4 Å². The topological polar surface area (TPSA) is 120 Å². The first-order valence-corrected chi connectivity index (χ1v) is 10.1. The molecule has 1 aliphatic heterocycles. The van der Waals surface area contributed by atoms with E-state index in [0.717, 1.165) is 16.7 Å². The standard InChI is InChI=1S/C23H22N6O3/c1-14-8-9-15(2)20(12-14)29-21(30)11-10-17(28-29)22(31)26-27-23(32)19-13-18(24-25-19)16-6-4-3-5-7-16/h3-9,12-13H,10-11H2,1-2H3,(H,24,25)(H,26,31)(H,27,32). The van der Waals surface area contributed by atoms with E-state index in [2.05, 4.69) is 26.2 Å². The highest BCUT2D eigenvalue weighted by atomic mass is 16.2. The molecular formula is C23H22N6O3. The molecule has 9 heteroatoms. The first-order chi connectivity index (χ1) is 15.4. The van der Waals surface area contributed by atoms with Gasteiger partial charge in [-0.15, -0.1) is 0 Å². The van der Waals surface area contributed by atoms with E-state index in [-0.39, 0.29) is 30.2 Å². The Morgan fingerprint density at radius 1 is 0.969 bits per heavy atom. The number of aromatic amines is 1. The molecule has 9 nitrogen and oxygen atoms in total. The Balaban J connectivity index is 1.43. The highest BCUT2D eigenvalue weighted by molar-refractivity contribution is 6.40. The van der Waals surface area contributed by atoms with E-state index in [1.165, 1.54) is 5.01 Å². The first-order valence-electron chi connectivity index (χ1n) is 10.1. The van der Waals surface area contributed by atoms with Gasteiger partial charge in [0.25, 0.3) is 11.8 Å². The number of aromatic nitrogens is 2. The maximum atomic E-state index is 12.6. The number of aryl methyl sites for hydroxylation is 2. The van der Waals surface area contributed by atoms with Crippen molar-refractivity contribution in [1.82, 2.24) is 21.0 Å². The Hall–Kier alpha value is -4.27. The fraction of sp³-hybridized carbons (Fsp3) is 0.174. The zero-order chi connectivity index (χ0) is 22.7. The summed E-state index contributed by atoms with van der Waals surface area (Å²) in [5.74, 6) is -1.32. The monoisotopic (exact) mass is 430 g/mol. The van der Waals surface area contributed by atoms with Crippen LogP contribution in [0.4, 0.5) is 5.69 Å². The molecule has 0 saturated heterocycles. The highest BCUT2D eigenvalue weighted by Gasteiger charge is 2.27. The van der Waals surface area contributed by atoms with Gasteiger partial charge in [-0.1, -0.05) is 42.5 Å². The largest absolute Gasteiger partial charge is 0.287 e. The fourth-order valence-corrected chi connectivity index (χ4v) is 3.30. The van der Waals surface area contributed by atoms with Crippen LogP contribution in [-0.2, 0) is 9.59 Å². The van der Waals surface area contributed by atoms with Crippen LogP contribution in [0.5, 0.6) is 0 Å². The molecule has 3 amide bonds. The molecule has 0 radical (unpaired) electrons. The van der Waals surface area contributed by atoms with Crippen LogP contribution in [0.25, 0.3) is 11.3 Å². The van der Waals surface area contributed by atoms with Crippen LogP contribution in [0.3, 0.4) is 0 Å². The molecule has 4 rings (SSSR count). The van der Waals surface area contributed by atoms with Crippen LogP contribution in [-0.4, -0.2) is 33.6 Å². The van der Waals surface area contributed by atoms with Gasteiger partial charge in [0.05, 0.1) is 11.4 Å². The smallest absolute Gasteiger partial charge is 0.273 e. The number of hydrazone groups is 1. The van der Waals surface area contributed by atoms with Gasteiger partial charge in [0.2, 0.25) is 5.91 Å². The minimum atomic E-state index is -0.580. The van der Waals surface area contributed by atoms with Crippen LogP contribution < -0.4 is 15.9 Å². The molecule has 0 fully saturated rings. The number of nitrogens with zero attached hydrogens (tertiary/aromatic N) is 3. The molecule has 0 aliphatic carbocycles. The molecule has 0 spiro atoms. The second-order valence-electron chi connectivity index (χ2n) is 7.48. The van der Waals surface area contributed by atoms with Gasteiger partial charge < -0.3 is 0 Å². The molecule has 3 aromatic rings. The predicted molar refractivity (Wildman–Crippen MR) is 120 cm³/mol. The summed E-state index contributed by atoms with van der Waals surface area (Å²) in [6.45, 7) is 3.79. The number of H-pyrrole nitrogens is 1. The van der Waals surface area contributed by atoms with Crippen molar-refractivity contribution in [2.24, 2.45) is 5.10 Å². The maximum absolute atomic E-state index is 12.6. The lowest BCUT2D eigenvalue weighted by Crippen LogP contribution is -2.47. The predicted octanol–water partition coefficient (Wildman–Crippen LogP) is 2.64. The minimum Gasteiger partial charge on any atom is -0.273 e. The van der Waals surface area contributed by atoms with Crippen LogP contribution in [0, 0.1) is 13.8 Å². The van der Waals surface area contributed by atoms with Gasteiger partial charge in [-0.05, 0) is 37.1 Å². The van der Waals surface area contributed by atoms with E-state index in [1.54, 1.807) is 6.07 Å². The molecule has 1 aromatic heterocycles. The zero-order valence-electron chi connectivity index (χ0n) is 17.7. The molecule has 2 aromatic carbocycles. The number of hydrogen-bond acceptors (Lipinski definition) is 5. The molecule has 162 valence electrons. The van der Waals surface area contributed by atoms with Crippen molar-refractivity contribution in [3.8, 4) is 11.3 Å². The fourth-order valence-electron chi connectivity index (χ4n) is 3.30. The third-order valence-electron chi connectivity index (χ3n) is 5.07. The molecule has 0 atom stereocenters. The lowest BCUT2D eigenvalue weighted by molar-refractivity contribution is -0.119. The van der Waals surface area contributed by atoms with Gasteiger partial charge in [0.15, 0.2) is 0 Å². The number of amides is 3. The SMILES string of the molecule is Cc1ccc(C)c(N2N=C(C(=O)NNC(=O)c3cc(-c4ccccc4)n[nH]3)CCC2=O)c1. The third-order valence-corrected chi connectivity index (χ3v) is 5.07. The van der Waals surface area contributed by atoms with Crippen molar-refractivity contribution in [2.75, 3.05) is 5.01 Å². The Labute approximate surface area is 184 Å². The summed E-state index contributed by atoms with van der Waals surface area (Å²) in [5, 5.41) is 12.3. The lowest BCUT2D eigenvalue weighted by atomic mass is 10.1. The summed E-state index contributed by atoms with van der Waals surface area (Å²) >= 11 is 0. The summed E-state index contributed by atoms with van der Waals surface area (Å²) < 4.78 is 0. The Bertz CT molecular complexity index is 1220. The Morgan fingerprint density at radius 3 is 2.50 bits per heavy atom. The summed E-state index contributed by atoms with van der Waals surface area (Å²) in [6, 6.07) is 16.7. The number of hydrazine groups is 1. The number of nitrogens with one attached hydrogen (secondary N) is 3. The van der Waals surface area contributed by atoms with Crippen molar-refractivity contribution in [1.29, 1.82) is 0 Å². The second-order valence-corrected chi connectivity index (χ2v) is 7.48. The number of hydrogen-bond donors (Lipinski definition) is 3. The number of benzene rings is 2. The summed E-state index contributed by atoms with van der Waals surface area (Å²) in [5.41, 5.74) is 9.02. The van der Waals surface area contributed by atoms with E-state index < -0.39 is 11.8 Å². The van der Waals surface area contributed by atoms with Gasteiger partial charge >= 0.3 is 0 Å². The van der Waals surface area contributed by atoms with Crippen molar-refractivity contribution >= 4 is 29.1 Å². The van der Waals surface area contributed by atoms with E-state index in [0.29, 0.717) is 11.4 Å². The van der Waals surface area contributed by atoms with Crippen LogP contribution >= 0.6 is 0 Å². The third kappa shape index (κ3) is 4.41. The maximum Gasteiger partial charge on any atom is 0.287 e. The number of anilines is 1. The van der Waals surface area contributed by atoms with Crippen LogP contribution in [0.2, 0.25) is 0 Å². The molecular weight excluding hydrogens is 408 g/mol. The van der Waals surface area contributed by atoms with Crippen LogP contribution in [0.15, 0.2) is 59.7 Å². The lowest BCUT2D eigenvalue weighted by Gasteiger charge is -2.24. The molecule has 0 saturated carbocycles. The van der Waals surface area contributed by atoms with E-state index in [4.69, 9.17) is 0 Å². The van der Waals surface area contributed by atoms with E-state index in [1.807, 2.05) is 62.4 Å². The molecule has 2 heterocycles. The quantitative estimate of drug-likeness (QED) is 0.551. The molecule has 1 aliphatic rings. The Morgan fingerprint density at radius 2 is 1.72 bits per heavy atom. The first kappa shape index (κ1) is 21.0. The van der Waals surface area contributed by atoms with Gasteiger partial charge in [-0.2, -0.15) is 10.2 Å². The van der Waals surface area contributed by atoms with Gasteiger partial charge in [-0.25, -0.2) is 5.01 Å². The average molecular weight is 430 g/mol. The normalized spacial score (nSPS) is 13.5. The average Bonchev–Trinajstić information content (AvgIpc) is 3.30. The van der Waals surface area contributed by atoms with E-state index in [9.17, 15) is 14.4 Å². The van der Waals surface area contributed by atoms with Crippen molar-refractivity contribution in [2.45, 2.75) is 26.7 Å². The summed E-state index contributed by atoms with van der Waals surface area (Å²) in [7, 11) is 0. The van der Waals surface area contributed by atoms with Gasteiger partial charge in [0.1, 0.15) is 11.4 Å². The number of carbonyl (C=O) groups is 3.